The van der Waals surface area contributed by atoms with Crippen molar-refractivity contribution in [2.24, 2.45) is 0 Å². The molecule has 0 radical (unpaired) electrons. The molecule has 1 saturated heterocycles. The first-order chi connectivity index (χ1) is 11.7. The lowest BCUT2D eigenvalue weighted by Crippen LogP contribution is -2.23. The van der Waals surface area contributed by atoms with Gasteiger partial charge in [-0.1, -0.05) is 16.8 Å². The first-order valence-electron chi connectivity index (χ1n) is 7.80. The molecule has 1 aromatic heterocycles. The molecule has 1 fully saturated rings. The molecule has 0 saturated carbocycles. The monoisotopic (exact) mass is 366 g/mol. The number of rotatable bonds is 6. The van der Waals surface area contributed by atoms with Gasteiger partial charge in [0.1, 0.15) is 0 Å². The lowest BCUT2D eigenvalue weighted by Gasteiger charge is -2.19. The van der Waals surface area contributed by atoms with E-state index in [0.717, 1.165) is 18.8 Å². The van der Waals surface area contributed by atoms with Gasteiger partial charge in [0.05, 0.1) is 23.0 Å². The zero-order valence-electron chi connectivity index (χ0n) is 13.4. The van der Waals surface area contributed by atoms with Gasteiger partial charge in [-0.3, -0.25) is 4.79 Å². The summed E-state index contributed by atoms with van der Waals surface area (Å²) in [6.07, 6.45) is 4.33. The topological polar surface area (TPSA) is 71.3 Å². The average molecular weight is 367 g/mol. The summed E-state index contributed by atoms with van der Waals surface area (Å²) in [6, 6.07) is 5.41. The highest BCUT2D eigenvalue weighted by Crippen LogP contribution is 2.29. The molecule has 1 aliphatic rings. The molecule has 1 aromatic carbocycles. The molecule has 2 aromatic rings. The van der Waals surface area contributed by atoms with Gasteiger partial charge in [0, 0.05) is 18.7 Å². The van der Waals surface area contributed by atoms with Crippen LogP contribution in [-0.2, 0) is 12.3 Å². The summed E-state index contributed by atoms with van der Waals surface area (Å²) < 4.78 is 5.09. The van der Waals surface area contributed by atoms with Gasteiger partial charge in [-0.2, -0.15) is 16.7 Å². The number of aromatic nitrogens is 2. The van der Waals surface area contributed by atoms with Crippen LogP contribution in [0.1, 0.15) is 34.9 Å². The second-order valence-corrected chi connectivity index (χ2v) is 6.85. The number of hydrogen-bond acceptors (Lipinski definition) is 6. The van der Waals surface area contributed by atoms with Gasteiger partial charge in [-0.25, -0.2) is 0 Å². The molecule has 1 aliphatic heterocycles. The minimum atomic E-state index is -0.213. The fourth-order valence-corrected chi connectivity index (χ4v) is 3.35. The molecule has 24 heavy (non-hydrogen) atoms. The number of nitrogens with one attached hydrogen (secondary N) is 1. The standard InChI is InChI=1S/C16H19ClN4O2S/c1-24-10-14-19-15(23-20-14)9-18-16(22)11-4-5-13(12(17)8-11)21-6-2-3-7-21/h4-5,8H,2-3,6-7,9-10H2,1H3,(H,18,22). The molecule has 0 spiro atoms. The third-order valence-corrected chi connectivity index (χ3v) is 4.69. The number of hydrogen-bond donors (Lipinski definition) is 1. The predicted molar refractivity (Wildman–Crippen MR) is 95.6 cm³/mol. The Labute approximate surface area is 149 Å². The summed E-state index contributed by atoms with van der Waals surface area (Å²) in [6.45, 7) is 2.23. The molecule has 6 nitrogen and oxygen atoms in total. The summed E-state index contributed by atoms with van der Waals surface area (Å²) >= 11 is 7.96. The van der Waals surface area contributed by atoms with Crippen LogP contribution >= 0.6 is 23.4 Å². The van der Waals surface area contributed by atoms with E-state index in [-0.39, 0.29) is 12.5 Å². The van der Waals surface area contributed by atoms with Gasteiger partial charge >= 0.3 is 0 Å². The summed E-state index contributed by atoms with van der Waals surface area (Å²) in [4.78, 5) is 18.7. The van der Waals surface area contributed by atoms with E-state index in [2.05, 4.69) is 20.4 Å². The van der Waals surface area contributed by atoms with Gasteiger partial charge in [0.25, 0.3) is 5.91 Å². The molecular weight excluding hydrogens is 348 g/mol. The molecule has 0 unspecified atom stereocenters. The number of nitrogens with zero attached hydrogens (tertiary/aromatic N) is 3. The third-order valence-electron chi connectivity index (χ3n) is 3.84. The second-order valence-electron chi connectivity index (χ2n) is 5.58. The molecule has 8 heteroatoms. The lowest BCUT2D eigenvalue weighted by atomic mass is 10.2. The Morgan fingerprint density at radius 3 is 2.92 bits per heavy atom. The Bertz CT molecular complexity index is 716. The first-order valence-corrected chi connectivity index (χ1v) is 9.57. The molecule has 1 N–H and O–H groups in total. The van der Waals surface area contributed by atoms with E-state index in [4.69, 9.17) is 16.1 Å². The quantitative estimate of drug-likeness (QED) is 0.846. The van der Waals surface area contributed by atoms with Crippen molar-refractivity contribution in [1.82, 2.24) is 15.5 Å². The van der Waals surface area contributed by atoms with Crippen molar-refractivity contribution in [2.45, 2.75) is 25.1 Å². The van der Waals surface area contributed by atoms with Crippen LogP contribution < -0.4 is 10.2 Å². The number of benzene rings is 1. The Balaban J connectivity index is 1.60. The Morgan fingerprint density at radius 1 is 1.42 bits per heavy atom. The zero-order valence-corrected chi connectivity index (χ0v) is 15.0. The van der Waals surface area contributed by atoms with Crippen molar-refractivity contribution in [1.29, 1.82) is 0 Å². The normalized spacial score (nSPS) is 14.2. The van der Waals surface area contributed by atoms with Crippen molar-refractivity contribution in [3.8, 4) is 0 Å². The van der Waals surface area contributed by atoms with E-state index >= 15 is 0 Å². The molecule has 0 bridgehead atoms. The maximum Gasteiger partial charge on any atom is 0.251 e. The van der Waals surface area contributed by atoms with E-state index < -0.39 is 0 Å². The Kier molecular flexibility index (Phi) is 5.63. The first kappa shape index (κ1) is 17.1. The maximum absolute atomic E-state index is 12.3. The maximum atomic E-state index is 12.3. The van der Waals surface area contributed by atoms with E-state index in [9.17, 15) is 4.79 Å². The lowest BCUT2D eigenvalue weighted by molar-refractivity contribution is 0.0946. The molecule has 3 rings (SSSR count). The van der Waals surface area contributed by atoms with Crippen LogP contribution in [0.5, 0.6) is 0 Å². The van der Waals surface area contributed by atoms with Crippen LogP contribution in [0.2, 0.25) is 5.02 Å². The minimum absolute atomic E-state index is 0.200. The van der Waals surface area contributed by atoms with Crippen molar-refractivity contribution in [2.75, 3.05) is 24.2 Å². The van der Waals surface area contributed by atoms with E-state index in [1.54, 1.807) is 23.9 Å². The fourth-order valence-electron chi connectivity index (χ4n) is 2.67. The molecule has 1 amide bonds. The van der Waals surface area contributed by atoms with Gasteiger partial charge in [-0.15, -0.1) is 0 Å². The number of carbonyl (C=O) groups is 1. The van der Waals surface area contributed by atoms with E-state index in [0.29, 0.717) is 28.1 Å². The van der Waals surface area contributed by atoms with E-state index in [1.807, 2.05) is 12.3 Å². The van der Waals surface area contributed by atoms with Crippen molar-refractivity contribution in [3.05, 3.63) is 40.5 Å². The third kappa shape index (κ3) is 4.02. The van der Waals surface area contributed by atoms with Gasteiger partial charge in [0.15, 0.2) is 5.82 Å². The van der Waals surface area contributed by atoms with Crippen molar-refractivity contribution >= 4 is 35.0 Å². The van der Waals surface area contributed by atoms with Crippen molar-refractivity contribution < 1.29 is 9.32 Å². The number of amides is 1. The van der Waals surface area contributed by atoms with Crippen LogP contribution in [0.3, 0.4) is 0 Å². The largest absolute Gasteiger partial charge is 0.370 e. The molecule has 0 atom stereocenters. The summed E-state index contributed by atoms with van der Waals surface area (Å²) in [7, 11) is 0. The zero-order chi connectivity index (χ0) is 16.9. The van der Waals surface area contributed by atoms with Crippen LogP contribution in [-0.4, -0.2) is 35.4 Å². The molecule has 128 valence electrons. The number of anilines is 1. The Morgan fingerprint density at radius 2 is 2.21 bits per heavy atom. The molecule has 2 heterocycles. The minimum Gasteiger partial charge on any atom is -0.370 e. The molecular formula is C16H19ClN4O2S. The average Bonchev–Trinajstić information content (AvgIpc) is 3.24. The number of carbonyl (C=O) groups excluding carboxylic acids is 1. The smallest absolute Gasteiger partial charge is 0.251 e. The number of thioether (sulfide) groups is 1. The highest BCUT2D eigenvalue weighted by atomic mass is 35.5. The SMILES string of the molecule is CSCc1noc(CNC(=O)c2ccc(N3CCCC3)c(Cl)c2)n1. The number of halogens is 1. The van der Waals surface area contributed by atoms with Gasteiger partial charge in [0.2, 0.25) is 5.89 Å². The highest BCUT2D eigenvalue weighted by Gasteiger charge is 2.17. The van der Waals surface area contributed by atoms with Crippen LogP contribution in [0.15, 0.2) is 22.7 Å². The molecule has 0 aliphatic carbocycles. The summed E-state index contributed by atoms with van der Waals surface area (Å²) in [5.41, 5.74) is 1.51. The van der Waals surface area contributed by atoms with Crippen LogP contribution in [0.4, 0.5) is 5.69 Å². The van der Waals surface area contributed by atoms with Crippen LogP contribution in [0.25, 0.3) is 0 Å². The highest BCUT2D eigenvalue weighted by molar-refractivity contribution is 7.97. The Hall–Kier alpha value is -1.73. The van der Waals surface area contributed by atoms with E-state index in [1.165, 1.54) is 12.8 Å². The fraction of sp³-hybridized carbons (Fsp3) is 0.438. The summed E-state index contributed by atoms with van der Waals surface area (Å²) in [5.74, 6) is 1.50. The van der Waals surface area contributed by atoms with Gasteiger partial charge < -0.3 is 14.7 Å². The predicted octanol–water partition coefficient (Wildman–Crippen LogP) is 3.12. The van der Waals surface area contributed by atoms with Gasteiger partial charge in [-0.05, 0) is 37.3 Å². The summed E-state index contributed by atoms with van der Waals surface area (Å²) in [5, 5.41) is 7.22. The second kappa shape index (κ2) is 7.90. The van der Waals surface area contributed by atoms with Crippen molar-refractivity contribution in [3.63, 3.8) is 0 Å². The van der Waals surface area contributed by atoms with Crippen LogP contribution in [0, 0.1) is 0 Å².